The minimum Gasteiger partial charge on any atom is -0.350 e. The quantitative estimate of drug-likeness (QED) is 0.802. The van der Waals surface area contributed by atoms with Crippen LogP contribution < -0.4 is 10.6 Å². The number of nitrogens with zero attached hydrogens (tertiary/aromatic N) is 1. The highest BCUT2D eigenvalue weighted by atomic mass is 16.2. The Bertz CT molecular complexity index is 712. The molecule has 5 nitrogen and oxygen atoms in total. The number of carbonyl (C=O) groups is 2. The zero-order valence-electron chi connectivity index (χ0n) is 14.3. The lowest BCUT2D eigenvalue weighted by atomic mass is 9.90. The van der Waals surface area contributed by atoms with E-state index >= 15 is 0 Å². The molecule has 5 heteroatoms. The van der Waals surface area contributed by atoms with Gasteiger partial charge in [0.25, 0.3) is 0 Å². The van der Waals surface area contributed by atoms with E-state index in [4.69, 9.17) is 0 Å². The van der Waals surface area contributed by atoms with Gasteiger partial charge in [0.05, 0.1) is 12.2 Å². The molecule has 2 rings (SSSR count). The van der Waals surface area contributed by atoms with Gasteiger partial charge in [0.1, 0.15) is 5.41 Å². The molecule has 0 saturated heterocycles. The second-order valence-electron chi connectivity index (χ2n) is 6.09. The molecule has 2 aromatic rings. The fourth-order valence-corrected chi connectivity index (χ4v) is 2.23. The smallest absolute Gasteiger partial charge is 0.239 e. The van der Waals surface area contributed by atoms with Gasteiger partial charge in [-0.05, 0) is 44.0 Å². The first-order chi connectivity index (χ1) is 11.4. The zero-order chi connectivity index (χ0) is 17.6. The molecule has 1 aromatic heterocycles. The number of aryl methyl sites for hydroxylation is 1. The number of hydrogen-bond donors (Lipinski definition) is 2. The van der Waals surface area contributed by atoms with E-state index in [1.807, 2.05) is 49.4 Å². The highest BCUT2D eigenvalue weighted by Crippen LogP contribution is 2.22. The molecule has 0 bridgehead atoms. The van der Waals surface area contributed by atoms with Crippen molar-refractivity contribution in [1.29, 1.82) is 0 Å². The topological polar surface area (TPSA) is 71.1 Å². The van der Waals surface area contributed by atoms with Crippen molar-refractivity contribution < 1.29 is 9.59 Å². The van der Waals surface area contributed by atoms with Crippen LogP contribution in [0, 0.1) is 5.41 Å². The van der Waals surface area contributed by atoms with Gasteiger partial charge >= 0.3 is 0 Å². The lowest BCUT2D eigenvalue weighted by Gasteiger charge is -2.23. The molecule has 2 N–H and O–H groups in total. The number of anilines is 1. The fraction of sp³-hybridized carbons (Fsp3) is 0.316. The van der Waals surface area contributed by atoms with Crippen molar-refractivity contribution in [2.24, 2.45) is 5.41 Å². The first-order valence-corrected chi connectivity index (χ1v) is 8.02. The number of benzene rings is 1. The molecule has 0 unspecified atom stereocenters. The van der Waals surface area contributed by atoms with Crippen LogP contribution in [0.25, 0.3) is 0 Å². The van der Waals surface area contributed by atoms with Gasteiger partial charge in [0.2, 0.25) is 11.8 Å². The number of amides is 2. The monoisotopic (exact) mass is 325 g/mol. The molecule has 0 radical (unpaired) electrons. The normalized spacial score (nSPS) is 11.0. The van der Waals surface area contributed by atoms with Crippen molar-refractivity contribution in [3.8, 4) is 0 Å². The standard InChI is InChI=1S/C19H23N3O2/c1-4-14-9-5-6-11-16(14)22-18(24)19(2,3)17(23)21-13-15-10-7-8-12-20-15/h5-12H,4,13H2,1-3H3,(H,21,23)(H,22,24). The molecule has 24 heavy (non-hydrogen) atoms. The summed E-state index contributed by atoms with van der Waals surface area (Å²) in [5.41, 5.74) is 1.35. The maximum absolute atomic E-state index is 12.6. The van der Waals surface area contributed by atoms with E-state index in [0.29, 0.717) is 6.54 Å². The van der Waals surface area contributed by atoms with E-state index in [0.717, 1.165) is 23.4 Å². The molecule has 1 aromatic carbocycles. The third-order valence-corrected chi connectivity index (χ3v) is 3.94. The van der Waals surface area contributed by atoms with Gasteiger partial charge in [-0.3, -0.25) is 14.6 Å². The number of rotatable bonds is 6. The molecule has 0 aliphatic rings. The Kier molecular flexibility index (Phi) is 5.68. The number of pyridine rings is 1. The van der Waals surface area contributed by atoms with Crippen LogP contribution in [0.15, 0.2) is 48.7 Å². The van der Waals surface area contributed by atoms with Gasteiger partial charge in [-0.2, -0.15) is 0 Å². The summed E-state index contributed by atoms with van der Waals surface area (Å²) >= 11 is 0. The predicted octanol–water partition coefficient (Wildman–Crippen LogP) is 2.93. The minimum atomic E-state index is -1.18. The van der Waals surface area contributed by atoms with Gasteiger partial charge < -0.3 is 10.6 Å². The highest BCUT2D eigenvalue weighted by Gasteiger charge is 2.36. The van der Waals surface area contributed by atoms with Crippen LogP contribution >= 0.6 is 0 Å². The highest BCUT2D eigenvalue weighted by molar-refractivity contribution is 6.10. The third-order valence-electron chi connectivity index (χ3n) is 3.94. The third kappa shape index (κ3) is 4.19. The van der Waals surface area contributed by atoms with Crippen LogP contribution in [0.1, 0.15) is 32.0 Å². The van der Waals surface area contributed by atoms with Gasteiger partial charge in [0, 0.05) is 11.9 Å². The summed E-state index contributed by atoms with van der Waals surface area (Å²) in [5.74, 6) is -0.665. The van der Waals surface area contributed by atoms with Crippen LogP contribution in [0.5, 0.6) is 0 Å². The summed E-state index contributed by atoms with van der Waals surface area (Å²) < 4.78 is 0. The predicted molar refractivity (Wildman–Crippen MR) is 94.3 cm³/mol. The number of carbonyl (C=O) groups excluding carboxylic acids is 2. The maximum atomic E-state index is 12.6. The molecule has 0 saturated carbocycles. The van der Waals surface area contributed by atoms with E-state index in [-0.39, 0.29) is 11.8 Å². The first-order valence-electron chi connectivity index (χ1n) is 8.02. The van der Waals surface area contributed by atoms with E-state index < -0.39 is 5.41 Å². The van der Waals surface area contributed by atoms with Gasteiger partial charge in [-0.25, -0.2) is 0 Å². The lowest BCUT2D eigenvalue weighted by Crippen LogP contribution is -2.45. The van der Waals surface area contributed by atoms with Crippen molar-refractivity contribution in [1.82, 2.24) is 10.3 Å². The summed E-state index contributed by atoms with van der Waals surface area (Å²) in [5, 5.41) is 5.64. The molecule has 0 fully saturated rings. The van der Waals surface area contributed by atoms with Crippen molar-refractivity contribution in [2.75, 3.05) is 5.32 Å². The largest absolute Gasteiger partial charge is 0.350 e. The molecule has 1 heterocycles. The fourth-order valence-electron chi connectivity index (χ4n) is 2.23. The summed E-state index contributed by atoms with van der Waals surface area (Å²) in [6.45, 7) is 5.55. The maximum Gasteiger partial charge on any atom is 0.239 e. The molecule has 0 spiro atoms. The van der Waals surface area contributed by atoms with Crippen LogP contribution in [-0.2, 0) is 22.6 Å². The second-order valence-corrected chi connectivity index (χ2v) is 6.09. The molecule has 0 atom stereocenters. The summed E-state index contributed by atoms with van der Waals surface area (Å²) in [4.78, 5) is 29.1. The molecule has 0 aliphatic heterocycles. The van der Waals surface area contributed by atoms with Crippen molar-refractivity contribution in [3.05, 3.63) is 59.9 Å². The Morgan fingerprint density at radius 2 is 1.75 bits per heavy atom. The van der Waals surface area contributed by atoms with Gasteiger partial charge in [-0.1, -0.05) is 31.2 Å². The summed E-state index contributed by atoms with van der Waals surface area (Å²) in [7, 11) is 0. The van der Waals surface area contributed by atoms with E-state index in [9.17, 15) is 9.59 Å². The van der Waals surface area contributed by atoms with Crippen molar-refractivity contribution >= 4 is 17.5 Å². The number of para-hydroxylation sites is 1. The zero-order valence-corrected chi connectivity index (χ0v) is 14.3. The van der Waals surface area contributed by atoms with E-state index in [2.05, 4.69) is 15.6 Å². The lowest BCUT2D eigenvalue weighted by molar-refractivity contribution is -0.138. The van der Waals surface area contributed by atoms with E-state index in [1.165, 1.54) is 0 Å². The molecular formula is C19H23N3O2. The number of aromatic nitrogens is 1. The summed E-state index contributed by atoms with van der Waals surface area (Å²) in [6, 6.07) is 13.1. The SMILES string of the molecule is CCc1ccccc1NC(=O)C(C)(C)C(=O)NCc1ccccn1. The Hall–Kier alpha value is -2.69. The average Bonchev–Trinajstić information content (AvgIpc) is 2.60. The number of hydrogen-bond acceptors (Lipinski definition) is 3. The molecule has 2 amide bonds. The molecule has 126 valence electrons. The van der Waals surface area contributed by atoms with E-state index in [1.54, 1.807) is 20.0 Å². The van der Waals surface area contributed by atoms with Crippen LogP contribution in [0.2, 0.25) is 0 Å². The first kappa shape index (κ1) is 17.7. The Balaban J connectivity index is 2.02. The second kappa shape index (κ2) is 7.73. The molecular weight excluding hydrogens is 302 g/mol. The Labute approximate surface area is 142 Å². The van der Waals surface area contributed by atoms with Gasteiger partial charge in [-0.15, -0.1) is 0 Å². The van der Waals surface area contributed by atoms with Crippen LogP contribution in [0.4, 0.5) is 5.69 Å². The Morgan fingerprint density at radius 1 is 1.04 bits per heavy atom. The van der Waals surface area contributed by atoms with Gasteiger partial charge in [0.15, 0.2) is 0 Å². The number of nitrogens with one attached hydrogen (secondary N) is 2. The average molecular weight is 325 g/mol. The van der Waals surface area contributed by atoms with Crippen LogP contribution in [-0.4, -0.2) is 16.8 Å². The summed E-state index contributed by atoms with van der Waals surface area (Å²) in [6.07, 6.45) is 2.48. The van der Waals surface area contributed by atoms with Crippen molar-refractivity contribution in [2.45, 2.75) is 33.7 Å². The van der Waals surface area contributed by atoms with Crippen molar-refractivity contribution in [3.63, 3.8) is 0 Å². The van der Waals surface area contributed by atoms with Crippen LogP contribution in [0.3, 0.4) is 0 Å². The minimum absolute atomic E-state index is 0.294. The Morgan fingerprint density at radius 3 is 2.42 bits per heavy atom. The molecule has 0 aliphatic carbocycles.